The summed E-state index contributed by atoms with van der Waals surface area (Å²) in [6.07, 6.45) is -0.466. The van der Waals surface area contributed by atoms with Crippen molar-refractivity contribution in [2.24, 2.45) is 0 Å². The Kier molecular flexibility index (Phi) is 6.24. The van der Waals surface area contributed by atoms with Crippen molar-refractivity contribution in [1.29, 1.82) is 0 Å². The number of aliphatic hydroxyl groups is 1. The third-order valence-electron chi connectivity index (χ3n) is 4.48. The van der Waals surface area contributed by atoms with E-state index in [0.717, 1.165) is 37.5 Å². The van der Waals surface area contributed by atoms with Gasteiger partial charge in [0.05, 0.1) is 12.7 Å². The summed E-state index contributed by atoms with van der Waals surface area (Å²) in [5, 5.41) is 14.1. The van der Waals surface area contributed by atoms with Crippen LogP contribution in [0.5, 0.6) is 5.75 Å². The fourth-order valence-corrected chi connectivity index (χ4v) is 3.06. The molecule has 0 aliphatic carbocycles. The zero-order chi connectivity index (χ0) is 16.1. The van der Waals surface area contributed by atoms with Crippen LogP contribution in [0.3, 0.4) is 0 Å². The minimum atomic E-state index is -0.466. The van der Waals surface area contributed by atoms with Gasteiger partial charge >= 0.3 is 0 Å². The molecule has 1 fully saturated rings. The van der Waals surface area contributed by atoms with E-state index in [0.29, 0.717) is 12.5 Å². The molecule has 0 radical (unpaired) electrons. The minimum absolute atomic E-state index is 0.125. The van der Waals surface area contributed by atoms with Crippen LogP contribution in [-0.2, 0) is 0 Å². The predicted molar refractivity (Wildman–Crippen MR) is 90.6 cm³/mol. The quantitative estimate of drug-likeness (QED) is 0.848. The Morgan fingerprint density at radius 1 is 1.23 bits per heavy atom. The number of piperazine rings is 1. The van der Waals surface area contributed by atoms with Crippen molar-refractivity contribution in [3.8, 4) is 5.75 Å². The summed E-state index contributed by atoms with van der Waals surface area (Å²) in [4.78, 5) is 2.35. The van der Waals surface area contributed by atoms with Gasteiger partial charge in [0.1, 0.15) is 5.75 Å². The van der Waals surface area contributed by atoms with Crippen molar-refractivity contribution >= 4 is 0 Å². The lowest BCUT2D eigenvalue weighted by Crippen LogP contribution is -2.49. The average molecular weight is 306 g/mol. The Balaban J connectivity index is 2.17. The van der Waals surface area contributed by atoms with Gasteiger partial charge in [-0.1, -0.05) is 19.9 Å². The number of benzene rings is 1. The van der Waals surface area contributed by atoms with Crippen LogP contribution in [0, 0.1) is 0 Å². The molecule has 0 saturated carbocycles. The lowest BCUT2D eigenvalue weighted by atomic mass is 9.94. The van der Waals surface area contributed by atoms with Crippen LogP contribution in [0.2, 0.25) is 0 Å². The van der Waals surface area contributed by atoms with E-state index in [2.05, 4.69) is 37.1 Å². The molecule has 22 heavy (non-hydrogen) atoms. The maximum atomic E-state index is 10.8. The van der Waals surface area contributed by atoms with Crippen LogP contribution < -0.4 is 10.1 Å². The summed E-state index contributed by atoms with van der Waals surface area (Å²) < 4.78 is 5.71. The van der Waals surface area contributed by atoms with Gasteiger partial charge in [0.2, 0.25) is 0 Å². The SMILES string of the molecule is CCOc1ccc(C(O)C(C)N2CCNCC2)cc1C(C)C. The first-order valence-corrected chi connectivity index (χ1v) is 8.44. The number of nitrogens with one attached hydrogen (secondary N) is 1. The van der Waals surface area contributed by atoms with Crippen molar-refractivity contribution in [2.45, 2.75) is 45.8 Å². The van der Waals surface area contributed by atoms with Gasteiger partial charge in [-0.05, 0) is 43.0 Å². The minimum Gasteiger partial charge on any atom is -0.494 e. The third-order valence-corrected chi connectivity index (χ3v) is 4.48. The van der Waals surface area contributed by atoms with Crippen LogP contribution in [-0.4, -0.2) is 48.8 Å². The van der Waals surface area contributed by atoms with Gasteiger partial charge < -0.3 is 15.2 Å². The maximum absolute atomic E-state index is 10.8. The van der Waals surface area contributed by atoms with E-state index < -0.39 is 6.10 Å². The summed E-state index contributed by atoms with van der Waals surface area (Å²) in [7, 11) is 0. The van der Waals surface area contributed by atoms with Gasteiger partial charge in [0, 0.05) is 32.2 Å². The van der Waals surface area contributed by atoms with Gasteiger partial charge in [-0.25, -0.2) is 0 Å². The Morgan fingerprint density at radius 3 is 2.50 bits per heavy atom. The van der Waals surface area contributed by atoms with E-state index in [4.69, 9.17) is 4.74 Å². The van der Waals surface area contributed by atoms with E-state index in [1.165, 1.54) is 5.56 Å². The molecule has 1 aliphatic rings. The molecule has 2 atom stereocenters. The molecule has 2 rings (SSSR count). The standard InChI is InChI=1S/C18H30N2O2/c1-5-22-17-7-6-15(12-16(17)13(2)3)18(21)14(4)20-10-8-19-9-11-20/h6-7,12-14,18-19,21H,5,8-11H2,1-4H3. The monoisotopic (exact) mass is 306 g/mol. The maximum Gasteiger partial charge on any atom is 0.122 e. The van der Waals surface area contributed by atoms with Crippen LogP contribution in [0.1, 0.15) is 50.8 Å². The molecule has 1 aliphatic heterocycles. The molecule has 0 aromatic heterocycles. The molecule has 4 nitrogen and oxygen atoms in total. The molecule has 0 bridgehead atoms. The number of rotatable bonds is 6. The van der Waals surface area contributed by atoms with Gasteiger partial charge in [-0.3, -0.25) is 4.90 Å². The first-order chi connectivity index (χ1) is 10.5. The van der Waals surface area contributed by atoms with Crippen molar-refractivity contribution in [2.75, 3.05) is 32.8 Å². The number of ether oxygens (including phenoxy) is 1. The van der Waals surface area contributed by atoms with Crippen LogP contribution in [0.4, 0.5) is 0 Å². The van der Waals surface area contributed by atoms with Crippen LogP contribution in [0.15, 0.2) is 18.2 Å². The Morgan fingerprint density at radius 2 is 1.91 bits per heavy atom. The first kappa shape index (κ1) is 17.3. The van der Waals surface area contributed by atoms with E-state index in [1.54, 1.807) is 0 Å². The number of hydrogen-bond acceptors (Lipinski definition) is 4. The molecule has 1 heterocycles. The Hall–Kier alpha value is -1.10. The van der Waals surface area contributed by atoms with Gasteiger partial charge in [-0.15, -0.1) is 0 Å². The Labute approximate surface area is 134 Å². The average Bonchev–Trinajstić information content (AvgIpc) is 2.54. The molecule has 124 valence electrons. The summed E-state index contributed by atoms with van der Waals surface area (Å²) >= 11 is 0. The zero-order valence-corrected chi connectivity index (χ0v) is 14.3. The highest BCUT2D eigenvalue weighted by atomic mass is 16.5. The number of hydrogen-bond donors (Lipinski definition) is 2. The van der Waals surface area contributed by atoms with Crippen molar-refractivity contribution < 1.29 is 9.84 Å². The summed E-state index contributed by atoms with van der Waals surface area (Å²) in [6.45, 7) is 13.1. The lowest BCUT2D eigenvalue weighted by Gasteiger charge is -2.35. The second-order valence-corrected chi connectivity index (χ2v) is 6.36. The van der Waals surface area contributed by atoms with Crippen LogP contribution >= 0.6 is 0 Å². The first-order valence-electron chi connectivity index (χ1n) is 8.44. The summed E-state index contributed by atoms with van der Waals surface area (Å²) in [6, 6.07) is 6.24. The van der Waals surface area contributed by atoms with E-state index >= 15 is 0 Å². The van der Waals surface area contributed by atoms with Crippen LogP contribution in [0.25, 0.3) is 0 Å². The van der Waals surface area contributed by atoms with Crippen molar-refractivity contribution in [1.82, 2.24) is 10.2 Å². The van der Waals surface area contributed by atoms with Crippen molar-refractivity contribution in [3.63, 3.8) is 0 Å². The van der Waals surface area contributed by atoms with Gasteiger partial charge in [0.15, 0.2) is 0 Å². The molecule has 1 aromatic rings. The molecular formula is C18H30N2O2. The largest absolute Gasteiger partial charge is 0.494 e. The van der Waals surface area contributed by atoms with E-state index in [9.17, 15) is 5.11 Å². The third kappa shape index (κ3) is 4.00. The molecular weight excluding hydrogens is 276 g/mol. The number of nitrogens with zero attached hydrogens (tertiary/aromatic N) is 1. The second kappa shape index (κ2) is 7.95. The molecule has 0 spiro atoms. The second-order valence-electron chi connectivity index (χ2n) is 6.36. The highest BCUT2D eigenvalue weighted by molar-refractivity contribution is 5.40. The van der Waals surface area contributed by atoms with Gasteiger partial charge in [0.25, 0.3) is 0 Å². The normalized spacial score (nSPS) is 19.2. The summed E-state index contributed by atoms with van der Waals surface area (Å²) in [5.74, 6) is 1.31. The molecule has 4 heteroatoms. The number of aliphatic hydroxyl groups excluding tert-OH is 1. The zero-order valence-electron chi connectivity index (χ0n) is 14.3. The van der Waals surface area contributed by atoms with Gasteiger partial charge in [-0.2, -0.15) is 0 Å². The summed E-state index contributed by atoms with van der Waals surface area (Å²) in [5.41, 5.74) is 2.16. The van der Waals surface area contributed by atoms with E-state index in [1.807, 2.05) is 19.1 Å². The lowest BCUT2D eigenvalue weighted by molar-refractivity contribution is 0.0509. The predicted octanol–water partition coefficient (Wildman–Crippen LogP) is 2.54. The highest BCUT2D eigenvalue weighted by Crippen LogP contribution is 2.31. The topological polar surface area (TPSA) is 44.7 Å². The Bertz CT molecular complexity index is 470. The molecule has 2 unspecified atom stereocenters. The van der Waals surface area contributed by atoms with Crippen molar-refractivity contribution in [3.05, 3.63) is 29.3 Å². The smallest absolute Gasteiger partial charge is 0.122 e. The molecule has 2 N–H and O–H groups in total. The van der Waals surface area contributed by atoms with E-state index in [-0.39, 0.29) is 6.04 Å². The fraction of sp³-hybridized carbons (Fsp3) is 0.667. The molecule has 1 saturated heterocycles. The fourth-order valence-electron chi connectivity index (χ4n) is 3.06. The highest BCUT2D eigenvalue weighted by Gasteiger charge is 2.25. The molecule has 0 amide bonds. The molecule has 1 aromatic carbocycles.